The number of hydrogen-bond acceptors (Lipinski definition) is 7. The first-order chi connectivity index (χ1) is 19.7. The average Bonchev–Trinajstić information content (AvgIpc) is 2.97. The third-order valence-electron chi connectivity index (χ3n) is 7.43. The number of urea groups is 2. The Bertz CT molecular complexity index is 1300. The van der Waals surface area contributed by atoms with Gasteiger partial charge in [-0.2, -0.15) is 4.99 Å². The van der Waals surface area contributed by atoms with E-state index in [1.807, 2.05) is 12.1 Å². The van der Waals surface area contributed by atoms with Gasteiger partial charge in [0.25, 0.3) is 0 Å². The van der Waals surface area contributed by atoms with Crippen LogP contribution in [0.1, 0.15) is 30.0 Å². The number of methoxy groups -OCH3 is 2. The zero-order valence-electron chi connectivity index (χ0n) is 23.4. The number of halogens is 2. The second-order valence-corrected chi connectivity index (χ2v) is 10.0. The number of piperidine rings is 1. The van der Waals surface area contributed by atoms with Crippen molar-refractivity contribution in [2.45, 2.75) is 31.8 Å². The first-order valence-corrected chi connectivity index (χ1v) is 13.5. The van der Waals surface area contributed by atoms with Crippen LogP contribution in [-0.4, -0.2) is 81.7 Å². The number of amides is 4. The van der Waals surface area contributed by atoms with Crippen LogP contribution in [0.2, 0.25) is 0 Å². The molecular weight excluding hydrogens is 536 g/mol. The molecular formula is C29H35F2N5O5. The highest BCUT2D eigenvalue weighted by atomic mass is 19.2. The quantitative estimate of drug-likeness (QED) is 0.350. The Hall–Kier alpha value is -3.90. The Balaban J connectivity index is 1.41. The fourth-order valence-electron chi connectivity index (χ4n) is 5.38. The topological polar surface area (TPSA) is 113 Å². The lowest BCUT2D eigenvalue weighted by atomic mass is 9.86. The van der Waals surface area contributed by atoms with Crippen LogP contribution in [0.3, 0.4) is 0 Å². The normalized spacial score (nSPS) is 19.6. The van der Waals surface area contributed by atoms with Crippen molar-refractivity contribution in [3.63, 3.8) is 0 Å². The highest BCUT2D eigenvalue weighted by Crippen LogP contribution is 2.36. The second-order valence-electron chi connectivity index (χ2n) is 10.0. The first-order valence-electron chi connectivity index (χ1n) is 13.5. The third kappa shape index (κ3) is 6.88. The molecule has 10 nitrogen and oxygen atoms in total. The summed E-state index contributed by atoms with van der Waals surface area (Å²) < 4.78 is 38.0. The summed E-state index contributed by atoms with van der Waals surface area (Å²) in [6.07, 6.45) is 1.87. The minimum atomic E-state index is -1.33. The number of rotatable bonds is 9. The molecule has 41 heavy (non-hydrogen) atoms. The number of nitrogens with one attached hydrogen (secondary N) is 2. The zero-order valence-corrected chi connectivity index (χ0v) is 23.4. The molecule has 0 aliphatic carbocycles. The molecule has 0 spiro atoms. The van der Waals surface area contributed by atoms with E-state index in [0.29, 0.717) is 6.54 Å². The molecule has 4 amide bonds. The van der Waals surface area contributed by atoms with Gasteiger partial charge in [0, 0.05) is 45.0 Å². The van der Waals surface area contributed by atoms with Crippen molar-refractivity contribution in [1.82, 2.24) is 15.5 Å². The lowest BCUT2D eigenvalue weighted by Crippen LogP contribution is -2.54. The van der Waals surface area contributed by atoms with Gasteiger partial charge >= 0.3 is 18.0 Å². The van der Waals surface area contributed by atoms with E-state index in [1.165, 1.54) is 24.4 Å². The molecule has 0 bridgehead atoms. The van der Waals surface area contributed by atoms with E-state index in [4.69, 9.17) is 9.47 Å². The average molecular weight is 572 g/mol. The fourth-order valence-corrected chi connectivity index (χ4v) is 5.38. The van der Waals surface area contributed by atoms with Crippen LogP contribution in [0.4, 0.5) is 24.1 Å². The lowest BCUT2D eigenvalue weighted by molar-refractivity contribution is -0.144. The van der Waals surface area contributed by atoms with E-state index in [2.05, 4.69) is 39.6 Å². The molecule has 2 aliphatic rings. The maximum absolute atomic E-state index is 14.2. The summed E-state index contributed by atoms with van der Waals surface area (Å²) in [7, 11) is 2.50. The zero-order chi connectivity index (χ0) is 29.5. The number of carbonyl (C=O) groups excluding carboxylic acids is 3. The summed E-state index contributed by atoms with van der Waals surface area (Å²) in [6, 6.07) is 8.39. The van der Waals surface area contributed by atoms with Crippen molar-refractivity contribution in [2.75, 3.05) is 51.9 Å². The Morgan fingerprint density at radius 2 is 1.78 bits per heavy atom. The summed E-state index contributed by atoms with van der Waals surface area (Å²) in [5, 5.41) is 6.13. The van der Waals surface area contributed by atoms with Crippen molar-refractivity contribution >= 4 is 29.4 Å². The Labute approximate surface area is 237 Å². The van der Waals surface area contributed by atoms with Crippen LogP contribution in [-0.2, 0) is 14.3 Å². The number of anilines is 1. The number of aliphatic imine (C=N–C) groups is 1. The van der Waals surface area contributed by atoms with Crippen molar-refractivity contribution < 1.29 is 32.6 Å². The van der Waals surface area contributed by atoms with Gasteiger partial charge in [-0.15, -0.1) is 0 Å². The summed E-state index contributed by atoms with van der Waals surface area (Å²) >= 11 is 0. The minimum Gasteiger partial charge on any atom is -0.468 e. The lowest BCUT2D eigenvalue weighted by Gasteiger charge is -2.37. The number of ether oxygens (including phenoxy) is 2. The highest BCUT2D eigenvalue weighted by Gasteiger charge is 2.47. The SMILES string of the molecule is COCC1=NC(=O)N(C(=O)NCCNC2CCN(c3ccccc3C)CC2)C(c2ccc(F)c(F)c2)C1C(=O)OC. The number of benzene rings is 2. The Kier molecular flexibility index (Phi) is 10.0. The van der Waals surface area contributed by atoms with Crippen LogP contribution in [0.15, 0.2) is 47.5 Å². The Morgan fingerprint density at radius 1 is 1.05 bits per heavy atom. The van der Waals surface area contributed by atoms with Crippen LogP contribution < -0.4 is 15.5 Å². The molecule has 1 saturated heterocycles. The molecule has 220 valence electrons. The molecule has 2 aromatic rings. The van der Waals surface area contributed by atoms with E-state index in [0.717, 1.165) is 50.1 Å². The summed E-state index contributed by atoms with van der Waals surface area (Å²) in [5.41, 5.74) is 2.52. The number of aryl methyl sites for hydroxylation is 1. The molecule has 1 fully saturated rings. The van der Waals surface area contributed by atoms with E-state index in [1.54, 1.807) is 0 Å². The molecule has 2 heterocycles. The van der Waals surface area contributed by atoms with Crippen molar-refractivity contribution in [2.24, 2.45) is 10.9 Å². The van der Waals surface area contributed by atoms with Crippen molar-refractivity contribution in [1.29, 1.82) is 0 Å². The molecule has 2 aliphatic heterocycles. The third-order valence-corrected chi connectivity index (χ3v) is 7.43. The number of imide groups is 1. The maximum atomic E-state index is 14.2. The fraction of sp³-hybridized carbons (Fsp3) is 0.448. The van der Waals surface area contributed by atoms with Gasteiger partial charge in [-0.3, -0.25) is 4.79 Å². The van der Waals surface area contributed by atoms with Crippen LogP contribution in [0.5, 0.6) is 0 Å². The standard InChI is InChI=1S/C29H35F2N5O5/c1-18-6-4-5-7-24(18)35-14-10-20(11-15-35)32-12-13-33-28(38)36-26(19-8-9-21(30)22(31)16-19)25(27(37)41-3)23(17-40-2)34-29(36)39/h4-9,16,20,25-26,32H,10-15,17H2,1-3H3,(H,33,38). The smallest absolute Gasteiger partial charge is 0.352 e. The molecule has 2 aromatic carbocycles. The number of carbonyl (C=O) groups is 3. The molecule has 2 N–H and O–H groups in total. The van der Waals surface area contributed by atoms with E-state index in [9.17, 15) is 23.2 Å². The monoisotopic (exact) mass is 571 g/mol. The molecule has 4 rings (SSSR count). The van der Waals surface area contributed by atoms with Gasteiger partial charge in [-0.25, -0.2) is 23.3 Å². The molecule has 2 atom stereocenters. The second kappa shape index (κ2) is 13.6. The molecule has 0 aromatic heterocycles. The van der Waals surface area contributed by atoms with Gasteiger partial charge in [0.1, 0.15) is 5.92 Å². The largest absolute Gasteiger partial charge is 0.468 e. The van der Waals surface area contributed by atoms with Crippen LogP contribution >= 0.6 is 0 Å². The Morgan fingerprint density at radius 3 is 2.44 bits per heavy atom. The van der Waals surface area contributed by atoms with Gasteiger partial charge in [0.2, 0.25) is 0 Å². The summed E-state index contributed by atoms with van der Waals surface area (Å²) in [5.74, 6) is -4.38. The van der Waals surface area contributed by atoms with Gasteiger partial charge in [0.15, 0.2) is 11.6 Å². The number of esters is 1. The van der Waals surface area contributed by atoms with Gasteiger partial charge in [0.05, 0.1) is 25.5 Å². The van der Waals surface area contributed by atoms with Crippen LogP contribution in [0.25, 0.3) is 0 Å². The van der Waals surface area contributed by atoms with E-state index < -0.39 is 41.6 Å². The molecule has 2 unspecified atom stereocenters. The molecule has 0 saturated carbocycles. The predicted molar refractivity (Wildman–Crippen MR) is 149 cm³/mol. The predicted octanol–water partition coefficient (Wildman–Crippen LogP) is 3.59. The van der Waals surface area contributed by atoms with Crippen LogP contribution in [0, 0.1) is 24.5 Å². The number of hydrogen-bond donors (Lipinski definition) is 2. The summed E-state index contributed by atoms with van der Waals surface area (Å²) in [6.45, 7) is 4.34. The number of para-hydroxylation sites is 1. The van der Waals surface area contributed by atoms with Crippen molar-refractivity contribution in [3.05, 3.63) is 65.2 Å². The number of nitrogens with zero attached hydrogens (tertiary/aromatic N) is 3. The minimum absolute atomic E-state index is 0.0156. The van der Waals surface area contributed by atoms with E-state index in [-0.39, 0.29) is 30.5 Å². The van der Waals surface area contributed by atoms with Gasteiger partial charge in [-0.1, -0.05) is 24.3 Å². The highest BCUT2D eigenvalue weighted by molar-refractivity contribution is 6.12. The van der Waals surface area contributed by atoms with Gasteiger partial charge in [-0.05, 0) is 49.1 Å². The summed E-state index contributed by atoms with van der Waals surface area (Å²) in [4.78, 5) is 46.2. The van der Waals surface area contributed by atoms with E-state index >= 15 is 0 Å². The van der Waals surface area contributed by atoms with Crippen molar-refractivity contribution in [3.8, 4) is 0 Å². The first kappa shape index (κ1) is 30.1. The molecule has 0 radical (unpaired) electrons. The maximum Gasteiger partial charge on any atom is 0.352 e. The molecule has 12 heteroatoms. The van der Waals surface area contributed by atoms with Gasteiger partial charge < -0.3 is 25.0 Å².